The van der Waals surface area contributed by atoms with E-state index in [0.29, 0.717) is 5.88 Å². The van der Waals surface area contributed by atoms with Gasteiger partial charge in [0.05, 0.1) is 24.0 Å². The third kappa shape index (κ3) is 2.37. The number of nitrogens with zero attached hydrogens (tertiary/aromatic N) is 1. The Morgan fingerprint density at radius 2 is 1.90 bits per heavy atom. The molecule has 0 bridgehead atoms. The number of aromatic amines is 1. The molecule has 0 amide bonds. The van der Waals surface area contributed by atoms with Crippen LogP contribution in [0.4, 0.5) is 0 Å². The van der Waals surface area contributed by atoms with Crippen molar-refractivity contribution in [2.24, 2.45) is 0 Å². The summed E-state index contributed by atoms with van der Waals surface area (Å²) in [4.78, 5) is 7.78. The Bertz CT molecular complexity index is 736. The van der Waals surface area contributed by atoms with Gasteiger partial charge in [-0.05, 0) is 23.3 Å². The van der Waals surface area contributed by atoms with Crippen LogP contribution in [0.25, 0.3) is 11.0 Å². The molecule has 2 aromatic carbocycles. The smallest absolute Gasteiger partial charge is 0.122 e. The van der Waals surface area contributed by atoms with Gasteiger partial charge in [-0.1, -0.05) is 30.3 Å². The number of alkyl halides is 1. The molecule has 0 aliphatic carbocycles. The summed E-state index contributed by atoms with van der Waals surface area (Å²) < 4.78 is 5.41. The number of halogens is 1. The second kappa shape index (κ2) is 5.55. The van der Waals surface area contributed by atoms with E-state index < -0.39 is 0 Å². The van der Waals surface area contributed by atoms with Crippen molar-refractivity contribution in [1.82, 2.24) is 9.97 Å². The fourth-order valence-corrected chi connectivity index (χ4v) is 2.53. The van der Waals surface area contributed by atoms with E-state index in [9.17, 15) is 0 Å². The molecule has 0 saturated heterocycles. The van der Waals surface area contributed by atoms with Crippen LogP contribution in [0, 0.1) is 0 Å². The number of para-hydroxylation sites is 2. The van der Waals surface area contributed by atoms with E-state index in [2.05, 4.69) is 22.1 Å². The lowest BCUT2D eigenvalue weighted by Crippen LogP contribution is -1.94. The van der Waals surface area contributed by atoms with Crippen LogP contribution in [0.3, 0.4) is 0 Å². The molecule has 1 heterocycles. The van der Waals surface area contributed by atoms with Crippen molar-refractivity contribution in [2.45, 2.75) is 12.3 Å². The molecule has 20 heavy (non-hydrogen) atoms. The lowest BCUT2D eigenvalue weighted by Gasteiger charge is -2.08. The van der Waals surface area contributed by atoms with Crippen LogP contribution in [0.15, 0.2) is 42.5 Å². The number of benzene rings is 2. The molecule has 0 saturated carbocycles. The Balaban J connectivity index is 2.04. The van der Waals surface area contributed by atoms with Gasteiger partial charge in [-0.3, -0.25) is 0 Å². The number of rotatable bonds is 4. The fraction of sp³-hybridized carbons (Fsp3) is 0.188. The van der Waals surface area contributed by atoms with Crippen LogP contribution in [0.5, 0.6) is 5.75 Å². The number of hydrogen-bond donors (Lipinski definition) is 1. The van der Waals surface area contributed by atoms with Gasteiger partial charge in [0, 0.05) is 6.42 Å². The van der Waals surface area contributed by atoms with Crippen LogP contribution in [-0.4, -0.2) is 17.1 Å². The molecule has 1 N–H and O–H groups in total. The van der Waals surface area contributed by atoms with Gasteiger partial charge in [-0.15, -0.1) is 11.6 Å². The second-order valence-electron chi connectivity index (χ2n) is 4.62. The number of ether oxygens (including phenoxy) is 1. The van der Waals surface area contributed by atoms with Gasteiger partial charge in [-0.2, -0.15) is 0 Å². The van der Waals surface area contributed by atoms with Gasteiger partial charge >= 0.3 is 0 Å². The molecular weight excluding hydrogens is 272 g/mol. The summed E-state index contributed by atoms with van der Waals surface area (Å²) in [5.74, 6) is 2.09. The predicted octanol–water partition coefficient (Wildman–Crippen LogP) is 3.90. The zero-order valence-electron chi connectivity index (χ0n) is 11.2. The third-order valence-corrected chi connectivity index (χ3v) is 3.60. The maximum atomic E-state index is 5.84. The topological polar surface area (TPSA) is 37.9 Å². The van der Waals surface area contributed by atoms with Gasteiger partial charge in [0.1, 0.15) is 11.6 Å². The number of nitrogens with one attached hydrogen (secondary N) is 1. The zero-order valence-corrected chi connectivity index (χ0v) is 11.9. The minimum atomic E-state index is 0.392. The summed E-state index contributed by atoms with van der Waals surface area (Å²) in [5, 5.41) is 0. The first-order valence-corrected chi connectivity index (χ1v) is 6.99. The number of H-pyrrole nitrogens is 1. The molecular formula is C16H15ClN2O. The van der Waals surface area contributed by atoms with Gasteiger partial charge in [0.25, 0.3) is 0 Å². The van der Waals surface area contributed by atoms with Crippen LogP contribution < -0.4 is 4.74 Å². The highest BCUT2D eigenvalue weighted by Gasteiger charge is 2.09. The first-order chi connectivity index (χ1) is 9.81. The Labute approximate surface area is 122 Å². The normalized spacial score (nSPS) is 10.9. The SMILES string of the molecule is COc1ccccc1Cc1cccc2[nH]c(CCl)nc12. The number of aromatic nitrogens is 2. The van der Waals surface area contributed by atoms with Crippen molar-refractivity contribution in [2.75, 3.05) is 7.11 Å². The second-order valence-corrected chi connectivity index (χ2v) is 4.89. The largest absolute Gasteiger partial charge is 0.496 e. The molecule has 0 aliphatic rings. The summed E-state index contributed by atoms with van der Waals surface area (Å²) in [5.41, 5.74) is 4.32. The molecule has 3 aromatic rings. The fourth-order valence-electron chi connectivity index (χ4n) is 2.40. The molecule has 4 heteroatoms. The van der Waals surface area contributed by atoms with Crippen molar-refractivity contribution in [3.8, 4) is 5.75 Å². The lowest BCUT2D eigenvalue weighted by molar-refractivity contribution is 0.410. The van der Waals surface area contributed by atoms with Crippen molar-refractivity contribution in [1.29, 1.82) is 0 Å². The first kappa shape index (κ1) is 13.0. The Hall–Kier alpha value is -2.00. The zero-order chi connectivity index (χ0) is 13.9. The predicted molar refractivity (Wildman–Crippen MR) is 81.5 cm³/mol. The third-order valence-electron chi connectivity index (χ3n) is 3.35. The summed E-state index contributed by atoms with van der Waals surface area (Å²) in [6, 6.07) is 14.2. The summed E-state index contributed by atoms with van der Waals surface area (Å²) in [6.45, 7) is 0. The van der Waals surface area contributed by atoms with Gasteiger partial charge in [0.15, 0.2) is 0 Å². The highest BCUT2D eigenvalue weighted by molar-refractivity contribution is 6.16. The van der Waals surface area contributed by atoms with E-state index in [1.807, 2.05) is 30.3 Å². The van der Waals surface area contributed by atoms with E-state index in [4.69, 9.17) is 16.3 Å². The molecule has 3 nitrogen and oxygen atoms in total. The van der Waals surface area contributed by atoms with E-state index in [1.54, 1.807) is 7.11 Å². The minimum absolute atomic E-state index is 0.392. The van der Waals surface area contributed by atoms with E-state index in [0.717, 1.165) is 34.6 Å². The number of fused-ring (bicyclic) bond motifs is 1. The lowest BCUT2D eigenvalue weighted by atomic mass is 10.0. The average Bonchev–Trinajstić information content (AvgIpc) is 2.92. The Morgan fingerprint density at radius 1 is 1.10 bits per heavy atom. The Kier molecular flexibility index (Phi) is 3.61. The quantitative estimate of drug-likeness (QED) is 0.739. The summed E-state index contributed by atoms with van der Waals surface area (Å²) in [7, 11) is 1.69. The number of hydrogen-bond acceptors (Lipinski definition) is 2. The molecule has 0 unspecified atom stereocenters. The van der Waals surface area contributed by atoms with Crippen LogP contribution in [0.2, 0.25) is 0 Å². The first-order valence-electron chi connectivity index (χ1n) is 6.46. The van der Waals surface area contributed by atoms with Crippen molar-refractivity contribution >= 4 is 22.6 Å². The average molecular weight is 287 g/mol. The monoisotopic (exact) mass is 286 g/mol. The van der Waals surface area contributed by atoms with E-state index in [-0.39, 0.29) is 0 Å². The van der Waals surface area contributed by atoms with Crippen molar-refractivity contribution < 1.29 is 4.74 Å². The Morgan fingerprint density at radius 3 is 2.70 bits per heavy atom. The minimum Gasteiger partial charge on any atom is -0.496 e. The standard InChI is InChI=1S/C16H15ClN2O/c1-20-14-8-3-2-5-11(14)9-12-6-4-7-13-16(12)19-15(10-17)18-13/h2-8H,9-10H2,1H3,(H,18,19). The van der Waals surface area contributed by atoms with Crippen LogP contribution in [-0.2, 0) is 12.3 Å². The maximum absolute atomic E-state index is 5.84. The highest BCUT2D eigenvalue weighted by atomic mass is 35.5. The molecule has 0 radical (unpaired) electrons. The van der Waals surface area contributed by atoms with Crippen LogP contribution >= 0.6 is 11.6 Å². The van der Waals surface area contributed by atoms with Crippen LogP contribution in [0.1, 0.15) is 17.0 Å². The van der Waals surface area contributed by atoms with Gasteiger partial charge in [0.2, 0.25) is 0 Å². The van der Waals surface area contributed by atoms with E-state index >= 15 is 0 Å². The summed E-state index contributed by atoms with van der Waals surface area (Å²) >= 11 is 5.84. The molecule has 0 aliphatic heterocycles. The number of methoxy groups -OCH3 is 1. The van der Waals surface area contributed by atoms with E-state index in [1.165, 1.54) is 5.56 Å². The molecule has 1 aromatic heterocycles. The maximum Gasteiger partial charge on any atom is 0.122 e. The molecule has 102 valence electrons. The molecule has 3 rings (SSSR count). The van der Waals surface area contributed by atoms with Gasteiger partial charge < -0.3 is 9.72 Å². The number of imidazole rings is 1. The molecule has 0 atom stereocenters. The van der Waals surface area contributed by atoms with Gasteiger partial charge in [-0.25, -0.2) is 4.98 Å². The molecule has 0 fully saturated rings. The summed E-state index contributed by atoms with van der Waals surface area (Å²) in [6.07, 6.45) is 0.786. The van der Waals surface area contributed by atoms with Crippen molar-refractivity contribution in [3.05, 3.63) is 59.4 Å². The molecule has 0 spiro atoms. The van der Waals surface area contributed by atoms with Crippen molar-refractivity contribution in [3.63, 3.8) is 0 Å². The highest BCUT2D eigenvalue weighted by Crippen LogP contribution is 2.25.